The van der Waals surface area contributed by atoms with E-state index in [0.717, 1.165) is 24.3 Å². The van der Waals surface area contributed by atoms with Crippen LogP contribution in [-0.2, 0) is 4.79 Å². The van der Waals surface area contributed by atoms with E-state index in [1.807, 2.05) is 38.1 Å². The lowest BCUT2D eigenvalue weighted by molar-refractivity contribution is -0.117. The molecule has 0 saturated carbocycles. The molecule has 20 heavy (non-hydrogen) atoms. The summed E-state index contributed by atoms with van der Waals surface area (Å²) in [6.45, 7) is 5.59. The SMILES string of the molecule is CCC[C@@H](N)C(=O)Nc1ccc(N(CC)CCO)cc1. The van der Waals surface area contributed by atoms with E-state index in [0.29, 0.717) is 13.0 Å². The number of aliphatic hydroxyl groups is 1. The van der Waals surface area contributed by atoms with Crippen LogP contribution in [-0.4, -0.2) is 36.8 Å². The summed E-state index contributed by atoms with van der Waals surface area (Å²) in [7, 11) is 0. The van der Waals surface area contributed by atoms with Crippen LogP contribution >= 0.6 is 0 Å². The van der Waals surface area contributed by atoms with Crippen molar-refractivity contribution in [3.05, 3.63) is 24.3 Å². The van der Waals surface area contributed by atoms with Gasteiger partial charge in [-0.1, -0.05) is 13.3 Å². The first kappa shape index (κ1) is 16.5. The van der Waals surface area contributed by atoms with Gasteiger partial charge in [-0.3, -0.25) is 4.79 Å². The third-order valence-corrected chi connectivity index (χ3v) is 3.19. The zero-order valence-electron chi connectivity index (χ0n) is 12.3. The molecule has 5 heteroatoms. The molecule has 0 heterocycles. The highest BCUT2D eigenvalue weighted by molar-refractivity contribution is 5.94. The van der Waals surface area contributed by atoms with Crippen molar-refractivity contribution in [3.8, 4) is 0 Å². The molecular formula is C15H25N3O2. The van der Waals surface area contributed by atoms with Gasteiger partial charge in [-0.2, -0.15) is 0 Å². The second kappa shape index (κ2) is 8.55. The number of nitrogens with zero attached hydrogens (tertiary/aromatic N) is 1. The largest absolute Gasteiger partial charge is 0.395 e. The average Bonchev–Trinajstić information content (AvgIpc) is 2.46. The van der Waals surface area contributed by atoms with E-state index in [-0.39, 0.29) is 12.5 Å². The van der Waals surface area contributed by atoms with E-state index < -0.39 is 6.04 Å². The van der Waals surface area contributed by atoms with Crippen molar-refractivity contribution in [3.63, 3.8) is 0 Å². The van der Waals surface area contributed by atoms with Crippen LogP contribution in [0.25, 0.3) is 0 Å². The van der Waals surface area contributed by atoms with Crippen molar-refractivity contribution in [2.75, 3.05) is 29.9 Å². The highest BCUT2D eigenvalue weighted by Gasteiger charge is 2.12. The summed E-state index contributed by atoms with van der Waals surface area (Å²) in [5.74, 6) is -0.151. The number of carbonyl (C=O) groups is 1. The fraction of sp³-hybridized carbons (Fsp3) is 0.533. The van der Waals surface area contributed by atoms with Crippen LogP contribution in [0.5, 0.6) is 0 Å². The van der Waals surface area contributed by atoms with E-state index in [9.17, 15) is 4.79 Å². The van der Waals surface area contributed by atoms with Crippen LogP contribution in [0, 0.1) is 0 Å². The van der Waals surface area contributed by atoms with Gasteiger partial charge in [-0.25, -0.2) is 0 Å². The predicted molar refractivity (Wildman–Crippen MR) is 82.9 cm³/mol. The Hall–Kier alpha value is -1.59. The number of aliphatic hydroxyl groups excluding tert-OH is 1. The smallest absolute Gasteiger partial charge is 0.241 e. The third kappa shape index (κ3) is 4.83. The molecule has 1 atom stereocenters. The van der Waals surface area contributed by atoms with Crippen molar-refractivity contribution in [1.82, 2.24) is 0 Å². The Balaban J connectivity index is 2.64. The number of nitrogens with two attached hydrogens (primary N) is 1. The van der Waals surface area contributed by atoms with Crippen LogP contribution in [0.2, 0.25) is 0 Å². The molecular weight excluding hydrogens is 254 g/mol. The molecule has 0 aliphatic heterocycles. The fourth-order valence-electron chi connectivity index (χ4n) is 2.02. The van der Waals surface area contributed by atoms with Crippen LogP contribution in [0.1, 0.15) is 26.7 Å². The number of nitrogens with one attached hydrogen (secondary N) is 1. The Morgan fingerprint density at radius 1 is 1.35 bits per heavy atom. The Bertz CT molecular complexity index is 406. The summed E-state index contributed by atoms with van der Waals surface area (Å²) in [6, 6.07) is 7.11. The molecule has 1 aromatic rings. The van der Waals surface area contributed by atoms with Crippen LogP contribution in [0.4, 0.5) is 11.4 Å². The van der Waals surface area contributed by atoms with Crippen molar-refractivity contribution in [2.45, 2.75) is 32.7 Å². The van der Waals surface area contributed by atoms with Gasteiger partial charge in [0.1, 0.15) is 0 Å². The molecule has 0 aliphatic rings. The van der Waals surface area contributed by atoms with Gasteiger partial charge in [-0.15, -0.1) is 0 Å². The zero-order chi connectivity index (χ0) is 15.0. The van der Waals surface area contributed by atoms with Gasteiger partial charge in [0.15, 0.2) is 0 Å². The first-order valence-electron chi connectivity index (χ1n) is 7.14. The van der Waals surface area contributed by atoms with E-state index in [1.54, 1.807) is 0 Å². The molecule has 5 nitrogen and oxygen atoms in total. The van der Waals surface area contributed by atoms with Crippen LogP contribution < -0.4 is 16.0 Å². The summed E-state index contributed by atoms with van der Waals surface area (Å²) in [5.41, 5.74) is 7.53. The topological polar surface area (TPSA) is 78.6 Å². The molecule has 1 aromatic carbocycles. The van der Waals surface area contributed by atoms with Crippen LogP contribution in [0.3, 0.4) is 0 Å². The molecule has 1 amide bonds. The average molecular weight is 279 g/mol. The Morgan fingerprint density at radius 2 is 2.00 bits per heavy atom. The molecule has 112 valence electrons. The second-order valence-corrected chi connectivity index (χ2v) is 4.73. The number of hydrogen-bond donors (Lipinski definition) is 3. The normalized spacial score (nSPS) is 12.0. The number of rotatable bonds is 8. The van der Waals surface area contributed by atoms with Gasteiger partial charge < -0.3 is 21.1 Å². The number of likely N-dealkylation sites (N-methyl/N-ethyl adjacent to an activating group) is 1. The van der Waals surface area contributed by atoms with Crippen LogP contribution in [0.15, 0.2) is 24.3 Å². The quantitative estimate of drug-likeness (QED) is 0.675. The summed E-state index contributed by atoms with van der Waals surface area (Å²) in [5, 5.41) is 11.8. The first-order chi connectivity index (χ1) is 9.62. The van der Waals surface area contributed by atoms with Gasteiger partial charge >= 0.3 is 0 Å². The monoisotopic (exact) mass is 279 g/mol. The van der Waals surface area contributed by atoms with E-state index in [2.05, 4.69) is 10.2 Å². The summed E-state index contributed by atoms with van der Waals surface area (Å²) >= 11 is 0. The maximum atomic E-state index is 11.8. The van der Waals surface area contributed by atoms with Crippen molar-refractivity contribution < 1.29 is 9.90 Å². The van der Waals surface area contributed by atoms with Crippen molar-refractivity contribution >= 4 is 17.3 Å². The number of carbonyl (C=O) groups excluding carboxylic acids is 1. The highest BCUT2D eigenvalue weighted by atomic mass is 16.3. The summed E-state index contributed by atoms with van der Waals surface area (Å²) in [6.07, 6.45) is 1.57. The zero-order valence-corrected chi connectivity index (χ0v) is 12.3. The molecule has 0 spiro atoms. The van der Waals surface area contributed by atoms with Gasteiger partial charge in [0, 0.05) is 24.5 Å². The summed E-state index contributed by atoms with van der Waals surface area (Å²) < 4.78 is 0. The Labute approximate surface area is 120 Å². The number of hydrogen-bond acceptors (Lipinski definition) is 4. The molecule has 4 N–H and O–H groups in total. The van der Waals surface area contributed by atoms with Gasteiger partial charge in [0.05, 0.1) is 12.6 Å². The maximum Gasteiger partial charge on any atom is 0.241 e. The summed E-state index contributed by atoms with van der Waals surface area (Å²) in [4.78, 5) is 13.9. The number of amides is 1. The van der Waals surface area contributed by atoms with Gasteiger partial charge in [0.25, 0.3) is 0 Å². The Kier molecular flexibility index (Phi) is 7.04. The molecule has 1 rings (SSSR count). The van der Waals surface area contributed by atoms with E-state index >= 15 is 0 Å². The lowest BCUT2D eigenvalue weighted by Gasteiger charge is -2.22. The molecule has 0 aliphatic carbocycles. The molecule has 0 radical (unpaired) electrons. The predicted octanol–water partition coefficient (Wildman–Crippen LogP) is 1.57. The van der Waals surface area contributed by atoms with E-state index in [4.69, 9.17) is 10.8 Å². The van der Waals surface area contributed by atoms with Gasteiger partial charge in [-0.05, 0) is 37.6 Å². The van der Waals surface area contributed by atoms with E-state index in [1.165, 1.54) is 0 Å². The minimum atomic E-state index is -0.457. The lowest BCUT2D eigenvalue weighted by Crippen LogP contribution is -2.35. The second-order valence-electron chi connectivity index (χ2n) is 4.73. The molecule has 0 unspecified atom stereocenters. The molecule has 0 aromatic heterocycles. The minimum Gasteiger partial charge on any atom is -0.395 e. The minimum absolute atomic E-state index is 0.123. The maximum absolute atomic E-state index is 11.8. The third-order valence-electron chi connectivity index (χ3n) is 3.19. The van der Waals surface area contributed by atoms with Crippen molar-refractivity contribution in [1.29, 1.82) is 0 Å². The number of anilines is 2. The highest BCUT2D eigenvalue weighted by Crippen LogP contribution is 2.17. The van der Waals surface area contributed by atoms with Gasteiger partial charge in [0.2, 0.25) is 5.91 Å². The Morgan fingerprint density at radius 3 is 2.50 bits per heavy atom. The lowest BCUT2D eigenvalue weighted by atomic mass is 10.1. The molecule has 0 fully saturated rings. The number of benzene rings is 1. The standard InChI is InChI=1S/C15H25N3O2/c1-3-5-14(16)15(20)17-12-6-8-13(9-7-12)18(4-2)10-11-19/h6-9,14,19H,3-5,10-11,16H2,1-2H3,(H,17,20)/t14-/m1/s1. The first-order valence-corrected chi connectivity index (χ1v) is 7.14. The van der Waals surface area contributed by atoms with Crippen molar-refractivity contribution in [2.24, 2.45) is 5.73 Å². The molecule has 0 saturated heterocycles. The molecule has 0 bridgehead atoms. The fourth-order valence-corrected chi connectivity index (χ4v) is 2.02.